The van der Waals surface area contributed by atoms with Crippen LogP contribution >= 0.6 is 11.6 Å². The standard InChI is InChI=1S/C13H16ClFN2O3/c1-8(18)5-6-17(2)13(20)12(19)16-9-3-4-11(15)10(14)7-9/h3-4,7-8,18H,5-6H2,1-2H3,(H,16,19). The molecule has 1 aromatic rings. The maximum Gasteiger partial charge on any atom is 0.313 e. The van der Waals surface area contributed by atoms with Crippen molar-refractivity contribution in [3.8, 4) is 0 Å². The van der Waals surface area contributed by atoms with E-state index in [1.807, 2.05) is 0 Å². The molecule has 2 amide bonds. The molecular weight excluding hydrogens is 287 g/mol. The number of carbonyl (C=O) groups is 2. The van der Waals surface area contributed by atoms with Gasteiger partial charge in [0.25, 0.3) is 0 Å². The van der Waals surface area contributed by atoms with E-state index in [1.165, 1.54) is 24.1 Å². The van der Waals surface area contributed by atoms with Gasteiger partial charge in [-0.2, -0.15) is 0 Å². The lowest BCUT2D eigenvalue weighted by molar-refractivity contribution is -0.142. The summed E-state index contributed by atoms with van der Waals surface area (Å²) < 4.78 is 13.0. The van der Waals surface area contributed by atoms with Crippen molar-refractivity contribution >= 4 is 29.1 Å². The van der Waals surface area contributed by atoms with Crippen molar-refractivity contribution in [3.63, 3.8) is 0 Å². The molecule has 1 rings (SSSR count). The van der Waals surface area contributed by atoms with Crippen molar-refractivity contribution in [3.05, 3.63) is 29.0 Å². The molecular formula is C13H16ClFN2O3. The molecule has 0 bridgehead atoms. The minimum Gasteiger partial charge on any atom is -0.393 e. The number of halogens is 2. The smallest absolute Gasteiger partial charge is 0.313 e. The summed E-state index contributed by atoms with van der Waals surface area (Å²) in [6, 6.07) is 3.62. The van der Waals surface area contributed by atoms with Gasteiger partial charge in [-0.05, 0) is 31.5 Å². The highest BCUT2D eigenvalue weighted by Crippen LogP contribution is 2.19. The van der Waals surface area contributed by atoms with Gasteiger partial charge in [0, 0.05) is 19.3 Å². The number of benzene rings is 1. The Kier molecular flexibility index (Phi) is 5.91. The molecule has 2 N–H and O–H groups in total. The van der Waals surface area contributed by atoms with Crippen LogP contribution in [0.5, 0.6) is 0 Å². The lowest BCUT2D eigenvalue weighted by Gasteiger charge is -2.17. The fourth-order valence-corrected chi connectivity index (χ4v) is 1.59. The Bertz CT molecular complexity index is 508. The Hall–Kier alpha value is -1.66. The Labute approximate surface area is 121 Å². The fraction of sp³-hybridized carbons (Fsp3) is 0.385. The summed E-state index contributed by atoms with van der Waals surface area (Å²) in [4.78, 5) is 24.6. The van der Waals surface area contributed by atoms with Gasteiger partial charge >= 0.3 is 11.8 Å². The van der Waals surface area contributed by atoms with Crippen LogP contribution in [-0.2, 0) is 9.59 Å². The van der Waals surface area contributed by atoms with Gasteiger partial charge in [-0.3, -0.25) is 9.59 Å². The second kappa shape index (κ2) is 7.21. The number of hydrogen-bond acceptors (Lipinski definition) is 3. The lowest BCUT2D eigenvalue weighted by Crippen LogP contribution is -2.38. The molecule has 7 heteroatoms. The molecule has 0 fully saturated rings. The van der Waals surface area contributed by atoms with Gasteiger partial charge in [-0.15, -0.1) is 0 Å². The van der Waals surface area contributed by atoms with E-state index in [0.29, 0.717) is 6.42 Å². The van der Waals surface area contributed by atoms with Crippen LogP contribution in [-0.4, -0.2) is 41.5 Å². The quantitative estimate of drug-likeness (QED) is 0.831. The first-order chi connectivity index (χ1) is 9.31. The molecule has 1 atom stereocenters. The average molecular weight is 303 g/mol. The third-order valence-corrected chi connectivity index (χ3v) is 2.89. The van der Waals surface area contributed by atoms with Crippen LogP contribution < -0.4 is 5.32 Å². The van der Waals surface area contributed by atoms with Crippen LogP contribution in [0.2, 0.25) is 5.02 Å². The molecule has 0 aliphatic rings. The van der Waals surface area contributed by atoms with E-state index in [9.17, 15) is 14.0 Å². The van der Waals surface area contributed by atoms with Crippen LogP contribution in [0.4, 0.5) is 10.1 Å². The Morgan fingerprint density at radius 1 is 1.50 bits per heavy atom. The van der Waals surface area contributed by atoms with E-state index in [2.05, 4.69) is 5.32 Å². The average Bonchev–Trinajstić information content (AvgIpc) is 2.39. The number of carbonyl (C=O) groups excluding carboxylic acids is 2. The maximum absolute atomic E-state index is 13.0. The molecule has 20 heavy (non-hydrogen) atoms. The van der Waals surface area contributed by atoms with Gasteiger partial charge < -0.3 is 15.3 Å². The molecule has 0 saturated carbocycles. The zero-order valence-corrected chi connectivity index (χ0v) is 11.9. The third kappa shape index (κ3) is 4.79. The summed E-state index contributed by atoms with van der Waals surface area (Å²) >= 11 is 5.57. The summed E-state index contributed by atoms with van der Waals surface area (Å²) in [7, 11) is 1.46. The highest BCUT2D eigenvalue weighted by Gasteiger charge is 2.19. The number of rotatable bonds is 4. The molecule has 0 aliphatic carbocycles. The number of likely N-dealkylation sites (N-methyl/N-ethyl adjacent to an activating group) is 1. The lowest BCUT2D eigenvalue weighted by atomic mass is 10.2. The zero-order valence-electron chi connectivity index (χ0n) is 11.2. The van der Waals surface area contributed by atoms with Gasteiger partial charge in [-0.1, -0.05) is 11.6 Å². The second-order valence-electron chi connectivity index (χ2n) is 4.45. The van der Waals surface area contributed by atoms with Crippen LogP contribution in [0.25, 0.3) is 0 Å². The molecule has 0 spiro atoms. The topological polar surface area (TPSA) is 69.6 Å². The van der Waals surface area contributed by atoms with Crippen LogP contribution in [0, 0.1) is 5.82 Å². The number of anilines is 1. The van der Waals surface area contributed by atoms with E-state index in [0.717, 1.165) is 6.07 Å². The minimum absolute atomic E-state index is 0.141. The van der Waals surface area contributed by atoms with E-state index in [-0.39, 0.29) is 17.3 Å². The van der Waals surface area contributed by atoms with E-state index in [4.69, 9.17) is 16.7 Å². The number of amides is 2. The number of nitrogens with zero attached hydrogens (tertiary/aromatic N) is 1. The summed E-state index contributed by atoms with van der Waals surface area (Å²) in [5.74, 6) is -2.20. The first-order valence-corrected chi connectivity index (χ1v) is 6.38. The maximum atomic E-state index is 13.0. The highest BCUT2D eigenvalue weighted by molar-refractivity contribution is 6.39. The normalized spacial score (nSPS) is 11.8. The molecule has 0 aliphatic heterocycles. The molecule has 1 unspecified atom stereocenters. The van der Waals surface area contributed by atoms with Gasteiger partial charge in [0.15, 0.2) is 0 Å². The van der Waals surface area contributed by atoms with Crippen molar-refractivity contribution in [2.75, 3.05) is 18.9 Å². The van der Waals surface area contributed by atoms with Gasteiger partial charge in [0.2, 0.25) is 0 Å². The fourth-order valence-electron chi connectivity index (χ4n) is 1.41. The number of aliphatic hydroxyl groups excluding tert-OH is 1. The van der Waals surface area contributed by atoms with Crippen LogP contribution in [0.1, 0.15) is 13.3 Å². The first-order valence-electron chi connectivity index (χ1n) is 6.01. The van der Waals surface area contributed by atoms with Gasteiger partial charge in [-0.25, -0.2) is 4.39 Å². The molecule has 0 saturated heterocycles. The monoisotopic (exact) mass is 302 g/mol. The SMILES string of the molecule is CC(O)CCN(C)C(=O)C(=O)Nc1ccc(F)c(Cl)c1. The van der Waals surface area contributed by atoms with Crippen molar-refractivity contribution in [2.45, 2.75) is 19.4 Å². The zero-order chi connectivity index (χ0) is 15.3. The molecule has 5 nitrogen and oxygen atoms in total. The molecule has 0 radical (unpaired) electrons. The summed E-state index contributed by atoms with van der Waals surface area (Å²) in [5, 5.41) is 11.3. The second-order valence-corrected chi connectivity index (χ2v) is 4.85. The Balaban J connectivity index is 2.61. The van der Waals surface area contributed by atoms with E-state index < -0.39 is 23.7 Å². The Morgan fingerprint density at radius 3 is 2.70 bits per heavy atom. The van der Waals surface area contributed by atoms with Crippen LogP contribution in [0.15, 0.2) is 18.2 Å². The molecule has 0 heterocycles. The summed E-state index contributed by atoms with van der Waals surface area (Å²) in [6.45, 7) is 1.85. The number of aliphatic hydroxyl groups is 1. The van der Waals surface area contributed by atoms with Gasteiger partial charge in [0.05, 0.1) is 11.1 Å². The van der Waals surface area contributed by atoms with Crippen LogP contribution in [0.3, 0.4) is 0 Å². The van der Waals surface area contributed by atoms with Crippen molar-refractivity contribution < 1.29 is 19.1 Å². The minimum atomic E-state index is -0.847. The summed E-state index contributed by atoms with van der Waals surface area (Å²) in [6.07, 6.45) is -0.179. The Morgan fingerprint density at radius 2 is 2.15 bits per heavy atom. The molecule has 0 aromatic heterocycles. The number of nitrogens with one attached hydrogen (secondary N) is 1. The predicted molar refractivity (Wildman–Crippen MR) is 74.0 cm³/mol. The molecule has 1 aromatic carbocycles. The van der Waals surface area contributed by atoms with Crippen molar-refractivity contribution in [1.29, 1.82) is 0 Å². The largest absolute Gasteiger partial charge is 0.393 e. The first kappa shape index (κ1) is 16.4. The summed E-state index contributed by atoms with van der Waals surface area (Å²) in [5.41, 5.74) is 0.235. The predicted octanol–water partition coefficient (Wildman–Crippen LogP) is 1.65. The van der Waals surface area contributed by atoms with Crippen molar-refractivity contribution in [2.24, 2.45) is 0 Å². The highest BCUT2D eigenvalue weighted by atomic mass is 35.5. The number of hydrogen-bond donors (Lipinski definition) is 2. The van der Waals surface area contributed by atoms with E-state index in [1.54, 1.807) is 6.92 Å². The van der Waals surface area contributed by atoms with Gasteiger partial charge in [0.1, 0.15) is 5.82 Å². The van der Waals surface area contributed by atoms with E-state index >= 15 is 0 Å². The third-order valence-electron chi connectivity index (χ3n) is 2.60. The van der Waals surface area contributed by atoms with Crippen molar-refractivity contribution in [1.82, 2.24) is 4.90 Å². The molecule has 110 valence electrons.